The minimum absolute atomic E-state index is 0.0900. The van der Waals surface area contributed by atoms with Crippen LogP contribution < -0.4 is 20.1 Å². The molecule has 0 unspecified atom stereocenters. The van der Waals surface area contributed by atoms with Crippen molar-refractivity contribution in [3.63, 3.8) is 0 Å². The molecule has 0 saturated carbocycles. The summed E-state index contributed by atoms with van der Waals surface area (Å²) in [6, 6.07) is 5.02. The monoisotopic (exact) mass is 337 g/mol. The summed E-state index contributed by atoms with van der Waals surface area (Å²) < 4.78 is 10.5. The van der Waals surface area contributed by atoms with Crippen LogP contribution >= 0.6 is 0 Å². The largest absolute Gasteiger partial charge is 0.497 e. The Hall–Kier alpha value is -2.28. The maximum Gasteiger partial charge on any atom is 0.321 e. The molecule has 0 heterocycles. The molecule has 2 N–H and O–H groups in total. The highest BCUT2D eigenvalue weighted by Crippen LogP contribution is 2.25. The van der Waals surface area contributed by atoms with E-state index < -0.39 is 11.6 Å². The molecule has 1 rings (SSSR count). The molecule has 0 fully saturated rings. The number of nitrogens with one attached hydrogen (secondary N) is 2. The van der Waals surface area contributed by atoms with Gasteiger partial charge in [0.2, 0.25) is 5.91 Å². The van der Waals surface area contributed by atoms with E-state index in [2.05, 4.69) is 10.6 Å². The van der Waals surface area contributed by atoms with Gasteiger partial charge < -0.3 is 14.8 Å². The number of amides is 3. The summed E-state index contributed by atoms with van der Waals surface area (Å²) >= 11 is 0. The first-order chi connectivity index (χ1) is 11.1. The number of ether oxygens (including phenoxy) is 2. The Morgan fingerprint density at radius 3 is 2.38 bits per heavy atom. The molecule has 0 aliphatic carbocycles. The zero-order chi connectivity index (χ0) is 18.3. The van der Waals surface area contributed by atoms with Gasteiger partial charge in [-0.15, -0.1) is 0 Å². The molecular formula is C17H27N3O4. The van der Waals surface area contributed by atoms with E-state index in [4.69, 9.17) is 9.47 Å². The van der Waals surface area contributed by atoms with Gasteiger partial charge in [-0.25, -0.2) is 4.79 Å². The molecule has 0 aromatic heterocycles. The molecule has 0 bridgehead atoms. The first-order valence-electron chi connectivity index (χ1n) is 7.66. The van der Waals surface area contributed by atoms with Crippen LogP contribution in [0.2, 0.25) is 0 Å². The van der Waals surface area contributed by atoms with Crippen molar-refractivity contribution in [1.29, 1.82) is 0 Å². The first kappa shape index (κ1) is 19.8. The molecule has 7 heteroatoms. The van der Waals surface area contributed by atoms with Gasteiger partial charge in [0, 0.05) is 23.7 Å². The number of carbonyl (C=O) groups excluding carboxylic acids is 2. The molecule has 3 amide bonds. The van der Waals surface area contributed by atoms with Crippen LogP contribution in [0.1, 0.15) is 26.3 Å². The van der Waals surface area contributed by atoms with E-state index in [9.17, 15) is 9.59 Å². The Morgan fingerprint density at radius 2 is 1.83 bits per heavy atom. The van der Waals surface area contributed by atoms with Gasteiger partial charge in [0.15, 0.2) is 0 Å². The second-order valence-corrected chi connectivity index (χ2v) is 6.60. The lowest BCUT2D eigenvalue weighted by Crippen LogP contribution is -2.50. The van der Waals surface area contributed by atoms with Gasteiger partial charge in [-0.1, -0.05) is 6.07 Å². The van der Waals surface area contributed by atoms with Crippen molar-refractivity contribution in [3.05, 3.63) is 23.8 Å². The van der Waals surface area contributed by atoms with Crippen LogP contribution in [0.25, 0.3) is 0 Å². The van der Waals surface area contributed by atoms with Gasteiger partial charge in [0.25, 0.3) is 0 Å². The smallest absolute Gasteiger partial charge is 0.321 e. The topological polar surface area (TPSA) is 79.9 Å². The van der Waals surface area contributed by atoms with Crippen molar-refractivity contribution in [2.24, 2.45) is 0 Å². The number of benzene rings is 1. The highest BCUT2D eigenvalue weighted by atomic mass is 16.5. The van der Waals surface area contributed by atoms with Gasteiger partial charge in [-0.05, 0) is 33.9 Å². The first-order valence-corrected chi connectivity index (χ1v) is 7.66. The molecule has 0 spiro atoms. The summed E-state index contributed by atoms with van der Waals surface area (Å²) in [5.41, 5.74) is 0.528. The second kappa shape index (κ2) is 8.54. The minimum atomic E-state index is -0.497. The van der Waals surface area contributed by atoms with Crippen LogP contribution in [0.3, 0.4) is 0 Å². The van der Waals surface area contributed by atoms with Crippen molar-refractivity contribution in [3.8, 4) is 11.5 Å². The Balaban J connectivity index is 2.58. The molecule has 1 aromatic rings. The molecule has 0 aliphatic rings. The molecule has 0 aliphatic heterocycles. The SMILES string of the molecule is COc1ccc(CN(C)CC(=O)NC(=O)NC(C)(C)C)c(OC)c1. The summed E-state index contributed by atoms with van der Waals surface area (Å²) in [7, 11) is 4.97. The molecule has 7 nitrogen and oxygen atoms in total. The highest BCUT2D eigenvalue weighted by molar-refractivity contribution is 5.95. The predicted octanol–water partition coefficient (Wildman–Crippen LogP) is 1.76. The average Bonchev–Trinajstić information content (AvgIpc) is 2.45. The maximum atomic E-state index is 11.9. The second-order valence-electron chi connectivity index (χ2n) is 6.60. The lowest BCUT2D eigenvalue weighted by atomic mass is 10.1. The number of carbonyl (C=O) groups is 2. The Kier molecular flexibility index (Phi) is 7.03. The third-order valence-electron chi connectivity index (χ3n) is 3.09. The molecular weight excluding hydrogens is 310 g/mol. The number of rotatable bonds is 6. The van der Waals surface area contributed by atoms with E-state index in [1.165, 1.54) is 0 Å². The fourth-order valence-electron chi connectivity index (χ4n) is 2.11. The number of hydrogen-bond donors (Lipinski definition) is 2. The van der Waals surface area contributed by atoms with Crippen LogP contribution in [-0.2, 0) is 11.3 Å². The van der Waals surface area contributed by atoms with Crippen molar-refractivity contribution >= 4 is 11.9 Å². The summed E-state index contributed by atoms with van der Waals surface area (Å²) in [5.74, 6) is 1.02. The molecule has 134 valence electrons. The normalized spacial score (nSPS) is 11.1. The molecule has 0 radical (unpaired) electrons. The van der Waals surface area contributed by atoms with E-state index >= 15 is 0 Å². The Labute approximate surface area is 143 Å². The number of nitrogens with zero attached hydrogens (tertiary/aromatic N) is 1. The van der Waals surface area contributed by atoms with Crippen LogP contribution in [-0.4, -0.2) is 50.2 Å². The average molecular weight is 337 g/mol. The Bertz CT molecular complexity index is 582. The summed E-state index contributed by atoms with van der Waals surface area (Å²) in [6.07, 6.45) is 0. The quantitative estimate of drug-likeness (QED) is 0.827. The minimum Gasteiger partial charge on any atom is -0.497 e. The number of methoxy groups -OCH3 is 2. The van der Waals surface area contributed by atoms with Gasteiger partial charge in [0.1, 0.15) is 11.5 Å². The number of urea groups is 1. The lowest BCUT2D eigenvalue weighted by Gasteiger charge is -2.21. The standard InChI is InChI=1S/C17H27N3O4/c1-17(2,3)19-16(22)18-15(21)11-20(4)10-12-7-8-13(23-5)9-14(12)24-6/h7-9H,10-11H2,1-6H3,(H2,18,19,21,22). The molecule has 0 saturated heterocycles. The summed E-state index contributed by atoms with van der Waals surface area (Å²) in [4.78, 5) is 25.4. The van der Waals surface area contributed by atoms with Gasteiger partial charge >= 0.3 is 6.03 Å². The van der Waals surface area contributed by atoms with Crippen LogP contribution in [0.15, 0.2) is 18.2 Å². The van der Waals surface area contributed by atoms with Gasteiger partial charge in [-0.3, -0.25) is 15.0 Å². The number of hydrogen-bond acceptors (Lipinski definition) is 5. The van der Waals surface area contributed by atoms with Crippen molar-refractivity contribution in [2.45, 2.75) is 32.9 Å². The van der Waals surface area contributed by atoms with Crippen molar-refractivity contribution < 1.29 is 19.1 Å². The maximum absolute atomic E-state index is 11.9. The van der Waals surface area contributed by atoms with Crippen molar-refractivity contribution in [2.75, 3.05) is 27.8 Å². The summed E-state index contributed by atoms with van der Waals surface area (Å²) in [5, 5.41) is 5.00. The van der Waals surface area contributed by atoms with E-state index in [0.717, 1.165) is 5.56 Å². The molecule has 24 heavy (non-hydrogen) atoms. The van der Waals surface area contributed by atoms with Gasteiger partial charge in [-0.2, -0.15) is 0 Å². The van der Waals surface area contributed by atoms with Crippen LogP contribution in [0.5, 0.6) is 11.5 Å². The fourth-order valence-corrected chi connectivity index (χ4v) is 2.11. The van der Waals surface area contributed by atoms with E-state index in [1.54, 1.807) is 32.2 Å². The van der Waals surface area contributed by atoms with E-state index in [1.807, 2.05) is 32.9 Å². The van der Waals surface area contributed by atoms with E-state index in [0.29, 0.717) is 18.0 Å². The summed E-state index contributed by atoms with van der Waals surface area (Å²) in [6.45, 7) is 6.13. The zero-order valence-corrected chi connectivity index (χ0v) is 15.2. The molecule has 1 aromatic carbocycles. The van der Waals surface area contributed by atoms with E-state index in [-0.39, 0.29) is 12.5 Å². The fraction of sp³-hybridized carbons (Fsp3) is 0.529. The third-order valence-corrected chi connectivity index (χ3v) is 3.09. The Morgan fingerprint density at radius 1 is 1.17 bits per heavy atom. The van der Waals surface area contributed by atoms with Crippen LogP contribution in [0.4, 0.5) is 4.79 Å². The van der Waals surface area contributed by atoms with Crippen molar-refractivity contribution in [1.82, 2.24) is 15.5 Å². The van der Waals surface area contributed by atoms with Crippen LogP contribution in [0, 0.1) is 0 Å². The predicted molar refractivity (Wildman–Crippen MR) is 92.3 cm³/mol. The lowest BCUT2D eigenvalue weighted by molar-refractivity contribution is -0.121. The highest BCUT2D eigenvalue weighted by Gasteiger charge is 2.17. The zero-order valence-electron chi connectivity index (χ0n) is 15.2. The number of likely N-dealkylation sites (N-methyl/N-ethyl adjacent to an activating group) is 1. The molecule has 0 atom stereocenters. The number of imide groups is 1. The third kappa shape index (κ3) is 6.87. The van der Waals surface area contributed by atoms with Gasteiger partial charge in [0.05, 0.1) is 20.8 Å².